The van der Waals surface area contributed by atoms with Gasteiger partial charge in [-0.2, -0.15) is 15.0 Å². The maximum atomic E-state index is 13.8. The lowest BCUT2D eigenvalue weighted by Gasteiger charge is -2.34. The Kier molecular flexibility index (Phi) is 11.3. The van der Waals surface area contributed by atoms with Crippen LogP contribution in [-0.2, 0) is 28.9 Å². The Morgan fingerprint density at radius 1 is 0.946 bits per heavy atom. The van der Waals surface area contributed by atoms with Gasteiger partial charge in [0.2, 0.25) is 17.8 Å². The third-order valence-corrected chi connectivity index (χ3v) is 9.40. The molecule has 4 heterocycles. The molecule has 0 bridgehead atoms. The summed E-state index contributed by atoms with van der Waals surface area (Å²) < 4.78 is 18.9. The molecule has 1 amide bonds. The summed E-state index contributed by atoms with van der Waals surface area (Å²) in [5.74, 6) is -0.634. The lowest BCUT2D eigenvalue weighted by atomic mass is 10.1. The first-order valence-electron chi connectivity index (χ1n) is 17.9. The minimum Gasteiger partial charge on any atom is -0.467 e. The summed E-state index contributed by atoms with van der Waals surface area (Å²) in [4.78, 5) is 66.3. The second-order valence-corrected chi connectivity index (χ2v) is 13.3. The van der Waals surface area contributed by atoms with E-state index in [-0.39, 0.29) is 48.1 Å². The van der Waals surface area contributed by atoms with Crippen LogP contribution in [0.1, 0.15) is 27.0 Å². The lowest BCUT2D eigenvalue weighted by molar-refractivity contribution is -0.141. The van der Waals surface area contributed by atoms with Crippen LogP contribution < -0.4 is 21.5 Å². The van der Waals surface area contributed by atoms with Gasteiger partial charge in [0.25, 0.3) is 11.5 Å². The van der Waals surface area contributed by atoms with Crippen molar-refractivity contribution >= 4 is 52.5 Å². The largest absolute Gasteiger partial charge is 0.467 e. The molecule has 0 saturated carbocycles. The van der Waals surface area contributed by atoms with Crippen LogP contribution in [0.5, 0.6) is 0 Å². The maximum Gasteiger partial charge on any atom is 0.328 e. The molecule has 0 aliphatic carbocycles. The fourth-order valence-electron chi connectivity index (χ4n) is 6.52. The second kappa shape index (κ2) is 17.0. The molecule has 2 aliphatic heterocycles. The molecule has 5 aromatic rings. The van der Waals surface area contributed by atoms with Crippen LogP contribution >= 0.6 is 0 Å². The Labute approximate surface area is 321 Å². The van der Waals surface area contributed by atoms with Gasteiger partial charge >= 0.3 is 5.97 Å². The summed E-state index contributed by atoms with van der Waals surface area (Å²) in [6.07, 6.45) is 2.29. The van der Waals surface area contributed by atoms with E-state index in [0.29, 0.717) is 56.2 Å². The first kappa shape index (κ1) is 37.3. The number of piperazine rings is 1. The quantitative estimate of drug-likeness (QED) is 0.0952. The van der Waals surface area contributed by atoms with Gasteiger partial charge in [0.15, 0.2) is 5.69 Å². The number of pyridine rings is 1. The Morgan fingerprint density at radius 2 is 1.73 bits per heavy atom. The van der Waals surface area contributed by atoms with Gasteiger partial charge in [-0.25, -0.2) is 14.0 Å². The van der Waals surface area contributed by atoms with Gasteiger partial charge in [-0.3, -0.25) is 19.5 Å². The summed E-state index contributed by atoms with van der Waals surface area (Å²) in [5, 5.41) is 9.59. The normalized spacial score (nSPS) is 14.2. The summed E-state index contributed by atoms with van der Waals surface area (Å²) in [5.41, 5.74) is 5.05. The fraction of sp³-hybridized carbons (Fsp3) is 0.250. The number of nitrogens with one attached hydrogen (secondary N) is 4. The van der Waals surface area contributed by atoms with Gasteiger partial charge in [-0.15, -0.1) is 0 Å². The minimum atomic E-state index is -0.863. The van der Waals surface area contributed by atoms with Crippen molar-refractivity contribution in [2.24, 2.45) is 4.99 Å². The van der Waals surface area contributed by atoms with E-state index in [4.69, 9.17) is 11.3 Å². The average Bonchev–Trinajstić information content (AvgIpc) is 3.62. The van der Waals surface area contributed by atoms with E-state index in [0.717, 1.165) is 22.4 Å². The number of rotatable bonds is 13. The number of benzene rings is 3. The Bertz CT molecular complexity index is 2370. The number of hydrogen-bond donors (Lipinski definition) is 4. The van der Waals surface area contributed by atoms with Gasteiger partial charge in [0, 0.05) is 63.2 Å². The molecule has 1 saturated heterocycles. The number of halogens is 1. The Morgan fingerprint density at radius 3 is 2.50 bits per heavy atom. The van der Waals surface area contributed by atoms with E-state index in [2.05, 4.69) is 50.6 Å². The number of H-pyrrole nitrogens is 1. The standard InChI is InChI=1S/C40H38FN11O4/c1-42-29-12-8-25(9-13-29)20-34(37(55)56-2)47-40-49-38(44-23-31-21-27-10-11-28(41)22-33(27)45-31)48-39(50-40)46-30-6-3-5-26(19-30)24-51-15-17-52(18-16-51)36(54)32-7-4-14-43-35(32)53/h3-14,19,22,34H,15-18,20-21,23-24H2,2H3,(H,43,53)(H3,44,46,47,48,49,50)/t34-/m0/s1. The molecule has 15 nitrogen and oxygen atoms in total. The highest BCUT2D eigenvalue weighted by Crippen LogP contribution is 2.28. The second-order valence-electron chi connectivity index (χ2n) is 13.3. The van der Waals surface area contributed by atoms with Crippen LogP contribution in [0, 0.1) is 12.4 Å². The number of carbonyl (C=O) groups is 2. The Balaban J connectivity index is 1.06. The highest BCUT2D eigenvalue weighted by molar-refractivity contribution is 5.96. The first-order chi connectivity index (χ1) is 27.2. The predicted octanol–water partition coefficient (Wildman–Crippen LogP) is 4.89. The van der Waals surface area contributed by atoms with Gasteiger partial charge in [0.05, 0.1) is 25.9 Å². The fourth-order valence-corrected chi connectivity index (χ4v) is 6.52. The van der Waals surface area contributed by atoms with Crippen molar-refractivity contribution in [3.63, 3.8) is 0 Å². The number of ether oxygens (including phenoxy) is 1. The summed E-state index contributed by atoms with van der Waals surface area (Å²) in [6, 6.07) is 21.6. The smallest absolute Gasteiger partial charge is 0.328 e. The molecule has 284 valence electrons. The molecule has 7 rings (SSSR count). The summed E-state index contributed by atoms with van der Waals surface area (Å²) in [7, 11) is 1.30. The monoisotopic (exact) mass is 755 g/mol. The van der Waals surface area contributed by atoms with Crippen LogP contribution in [0.15, 0.2) is 94.8 Å². The number of nitrogens with zero attached hydrogens (tertiary/aromatic N) is 7. The van der Waals surface area contributed by atoms with Crippen molar-refractivity contribution in [3.8, 4) is 0 Å². The maximum absolute atomic E-state index is 13.8. The summed E-state index contributed by atoms with van der Waals surface area (Å²) in [6.45, 7) is 10.4. The molecule has 1 atom stereocenters. The van der Waals surface area contributed by atoms with Crippen molar-refractivity contribution < 1.29 is 18.7 Å². The highest BCUT2D eigenvalue weighted by atomic mass is 19.1. The topological polar surface area (TPSA) is 174 Å². The summed E-state index contributed by atoms with van der Waals surface area (Å²) >= 11 is 0. The molecule has 16 heteroatoms. The highest BCUT2D eigenvalue weighted by Gasteiger charge is 2.25. The number of amides is 1. The van der Waals surface area contributed by atoms with E-state index in [1.807, 2.05) is 24.3 Å². The predicted molar refractivity (Wildman–Crippen MR) is 209 cm³/mol. The number of hydrogen-bond acceptors (Lipinski definition) is 12. The third-order valence-electron chi connectivity index (χ3n) is 9.40. The number of fused-ring (bicyclic) bond motifs is 1. The van der Waals surface area contributed by atoms with Crippen LogP contribution in [0.4, 0.5) is 39.3 Å². The van der Waals surface area contributed by atoms with Crippen molar-refractivity contribution in [2.75, 3.05) is 55.8 Å². The van der Waals surface area contributed by atoms with Crippen molar-refractivity contribution in [3.05, 3.63) is 135 Å². The number of aromatic amines is 1. The number of aliphatic imine (C=N–C) groups is 1. The number of methoxy groups -OCH3 is 1. The molecule has 2 aromatic heterocycles. The van der Waals surface area contributed by atoms with Gasteiger partial charge in [0.1, 0.15) is 17.4 Å². The van der Waals surface area contributed by atoms with E-state index in [1.165, 1.54) is 25.4 Å². The van der Waals surface area contributed by atoms with Crippen molar-refractivity contribution in [1.82, 2.24) is 29.7 Å². The zero-order valence-corrected chi connectivity index (χ0v) is 30.5. The molecule has 0 radical (unpaired) electrons. The molecule has 2 aliphatic rings. The van der Waals surface area contributed by atoms with Crippen LogP contribution in [0.25, 0.3) is 4.85 Å². The molecular formula is C40H38FN11O4. The van der Waals surface area contributed by atoms with Crippen LogP contribution in [0.2, 0.25) is 0 Å². The molecule has 3 aromatic carbocycles. The van der Waals surface area contributed by atoms with E-state index in [1.54, 1.807) is 47.4 Å². The van der Waals surface area contributed by atoms with E-state index in [9.17, 15) is 18.8 Å². The minimum absolute atomic E-state index is 0.109. The SMILES string of the molecule is [C-]#[N+]c1ccc(C[C@H](Nc2nc(NCC3=Nc4cc(F)ccc4C3)nc(Nc3cccc(CN4CCN(C(=O)c5ccc[nH]c5=O)CC4)c3)n2)C(=O)OC)cc1. The molecule has 0 unspecified atom stereocenters. The Hall–Kier alpha value is -6.99. The van der Waals surface area contributed by atoms with Crippen LogP contribution in [0.3, 0.4) is 0 Å². The number of carbonyl (C=O) groups excluding carboxylic acids is 2. The van der Waals surface area contributed by atoms with Gasteiger partial charge in [-0.1, -0.05) is 42.5 Å². The molecular weight excluding hydrogens is 718 g/mol. The number of esters is 1. The number of anilines is 4. The molecule has 0 spiro atoms. The van der Waals surface area contributed by atoms with E-state index >= 15 is 0 Å². The average molecular weight is 756 g/mol. The first-order valence-corrected chi connectivity index (χ1v) is 17.9. The van der Waals surface area contributed by atoms with Gasteiger partial charge < -0.3 is 30.6 Å². The van der Waals surface area contributed by atoms with Crippen molar-refractivity contribution in [1.29, 1.82) is 0 Å². The molecule has 1 fully saturated rings. The van der Waals surface area contributed by atoms with Gasteiger partial charge in [-0.05, 0) is 53.1 Å². The zero-order valence-electron chi connectivity index (χ0n) is 30.5. The molecule has 4 N–H and O–H groups in total. The lowest BCUT2D eigenvalue weighted by Crippen LogP contribution is -2.49. The van der Waals surface area contributed by atoms with E-state index < -0.39 is 17.6 Å². The van der Waals surface area contributed by atoms with Crippen molar-refractivity contribution in [2.45, 2.75) is 25.4 Å². The van der Waals surface area contributed by atoms with Crippen LogP contribution in [-0.4, -0.2) is 93.2 Å². The number of aromatic nitrogens is 4. The third kappa shape index (κ3) is 9.20. The zero-order chi connectivity index (χ0) is 39.0. The molecule has 56 heavy (non-hydrogen) atoms.